The first kappa shape index (κ1) is 21.4. The van der Waals surface area contributed by atoms with Crippen molar-refractivity contribution in [2.75, 3.05) is 7.11 Å². The van der Waals surface area contributed by atoms with Crippen LogP contribution in [0.15, 0.2) is 42.5 Å². The molecule has 0 saturated heterocycles. The highest BCUT2D eigenvalue weighted by atomic mass is 16.5. The Bertz CT molecular complexity index is 1010. The van der Waals surface area contributed by atoms with Crippen LogP contribution in [-0.2, 0) is 0 Å². The van der Waals surface area contributed by atoms with Gasteiger partial charge >= 0.3 is 0 Å². The van der Waals surface area contributed by atoms with Crippen LogP contribution in [0.4, 0.5) is 0 Å². The molecule has 2 aromatic rings. The van der Waals surface area contributed by atoms with Gasteiger partial charge in [0.15, 0.2) is 5.78 Å². The Balaban J connectivity index is 1.82. The number of carbonyl (C=O) groups is 1. The maximum atomic E-state index is 13.2. The normalized spacial score (nSPS) is 27.1. The van der Waals surface area contributed by atoms with E-state index in [0.29, 0.717) is 23.8 Å². The summed E-state index contributed by atoms with van der Waals surface area (Å²) in [6, 6.07) is 11.0. The van der Waals surface area contributed by atoms with Gasteiger partial charge in [-0.2, -0.15) is 0 Å². The van der Waals surface area contributed by atoms with Gasteiger partial charge in [0.25, 0.3) is 0 Å². The molecule has 164 valence electrons. The summed E-state index contributed by atoms with van der Waals surface area (Å²) in [6.07, 6.45) is 4.14. The van der Waals surface area contributed by atoms with Crippen LogP contribution in [0.25, 0.3) is 6.08 Å². The lowest BCUT2D eigenvalue weighted by Crippen LogP contribution is -2.51. The summed E-state index contributed by atoms with van der Waals surface area (Å²) in [5, 5.41) is 21.8. The van der Waals surface area contributed by atoms with Gasteiger partial charge in [0.1, 0.15) is 28.9 Å². The lowest BCUT2D eigenvalue weighted by Gasteiger charge is -2.44. The predicted molar refractivity (Wildman–Crippen MR) is 120 cm³/mol. The molecule has 0 radical (unpaired) electrons. The fourth-order valence-electron chi connectivity index (χ4n) is 5.13. The summed E-state index contributed by atoms with van der Waals surface area (Å²) in [5.74, 6) is 0.826. The van der Waals surface area contributed by atoms with Crippen molar-refractivity contribution in [3.05, 3.63) is 59.2 Å². The van der Waals surface area contributed by atoms with Crippen molar-refractivity contribution in [3.63, 3.8) is 0 Å². The molecule has 0 amide bonds. The van der Waals surface area contributed by atoms with E-state index in [2.05, 4.69) is 13.8 Å². The van der Waals surface area contributed by atoms with Crippen LogP contribution in [0.5, 0.6) is 17.2 Å². The van der Waals surface area contributed by atoms with Crippen LogP contribution >= 0.6 is 0 Å². The molecule has 5 nitrogen and oxygen atoms in total. The number of phenolic OH excluding ortho intramolecular Hbond substituents is 1. The van der Waals surface area contributed by atoms with E-state index in [1.807, 2.05) is 30.3 Å². The van der Waals surface area contributed by atoms with Gasteiger partial charge in [0.2, 0.25) is 0 Å². The number of benzene rings is 2. The minimum atomic E-state index is -1.03. The molecule has 1 saturated carbocycles. The zero-order chi connectivity index (χ0) is 22.3. The number of aromatic hydroxyl groups is 1. The van der Waals surface area contributed by atoms with Gasteiger partial charge in [-0.15, -0.1) is 0 Å². The molecule has 31 heavy (non-hydrogen) atoms. The van der Waals surface area contributed by atoms with Crippen molar-refractivity contribution in [1.29, 1.82) is 0 Å². The minimum absolute atomic E-state index is 0.112. The molecule has 0 spiro atoms. The molecule has 1 aliphatic heterocycles. The second-order valence-corrected chi connectivity index (χ2v) is 9.19. The van der Waals surface area contributed by atoms with Gasteiger partial charge in [-0.25, -0.2) is 0 Å². The third kappa shape index (κ3) is 3.72. The second kappa shape index (κ2) is 8.04. The number of rotatable bonds is 5. The third-order valence-corrected chi connectivity index (χ3v) is 6.77. The van der Waals surface area contributed by atoms with Gasteiger partial charge < -0.3 is 19.7 Å². The van der Waals surface area contributed by atoms with Crippen LogP contribution in [0.2, 0.25) is 0 Å². The number of hydrogen-bond acceptors (Lipinski definition) is 5. The summed E-state index contributed by atoms with van der Waals surface area (Å²) in [7, 11) is 1.55. The van der Waals surface area contributed by atoms with Crippen molar-refractivity contribution in [1.82, 2.24) is 0 Å². The Morgan fingerprint density at radius 2 is 2.00 bits per heavy atom. The Morgan fingerprint density at radius 1 is 1.29 bits per heavy atom. The highest BCUT2D eigenvalue weighted by Gasteiger charge is 2.55. The number of methoxy groups -OCH3 is 1. The van der Waals surface area contributed by atoms with E-state index in [1.165, 1.54) is 12.1 Å². The smallest absolute Gasteiger partial charge is 0.193 e. The van der Waals surface area contributed by atoms with Gasteiger partial charge in [-0.1, -0.05) is 50.3 Å². The van der Waals surface area contributed by atoms with E-state index in [-0.39, 0.29) is 28.9 Å². The fourth-order valence-corrected chi connectivity index (χ4v) is 5.13. The third-order valence-electron chi connectivity index (χ3n) is 6.77. The molecule has 2 N–H and O–H groups in total. The summed E-state index contributed by atoms with van der Waals surface area (Å²) in [5.41, 5.74) is 0.754. The molecule has 4 rings (SSSR count). The number of allylic oxidation sites excluding steroid dienone is 1. The number of aliphatic hydroxyl groups is 1. The largest absolute Gasteiger partial charge is 0.507 e. The summed E-state index contributed by atoms with van der Waals surface area (Å²) in [6.45, 7) is 6.12. The molecule has 0 unspecified atom stereocenters. The van der Waals surface area contributed by atoms with Crippen LogP contribution in [0.3, 0.4) is 0 Å². The van der Waals surface area contributed by atoms with E-state index < -0.39 is 11.7 Å². The van der Waals surface area contributed by atoms with Crippen molar-refractivity contribution in [2.45, 2.75) is 51.2 Å². The lowest BCUT2D eigenvalue weighted by molar-refractivity contribution is -0.0919. The number of carbonyl (C=O) groups excluding carboxylic acids is 1. The molecule has 2 aromatic carbocycles. The van der Waals surface area contributed by atoms with Crippen molar-refractivity contribution >= 4 is 11.9 Å². The molecule has 4 atom stereocenters. The first-order valence-electron chi connectivity index (χ1n) is 10.8. The fraction of sp³-hybridized carbons (Fsp3) is 0.423. The van der Waals surface area contributed by atoms with Gasteiger partial charge in [-0.05, 0) is 43.2 Å². The second-order valence-electron chi connectivity index (χ2n) is 9.19. The number of ketones is 1. The van der Waals surface area contributed by atoms with Gasteiger partial charge in [0, 0.05) is 17.5 Å². The zero-order valence-electron chi connectivity index (χ0n) is 18.5. The van der Waals surface area contributed by atoms with E-state index >= 15 is 0 Å². The molecule has 0 aromatic heterocycles. The Labute approximate surface area is 183 Å². The van der Waals surface area contributed by atoms with Gasteiger partial charge in [0.05, 0.1) is 12.7 Å². The Kier molecular flexibility index (Phi) is 5.56. The van der Waals surface area contributed by atoms with Gasteiger partial charge in [-0.3, -0.25) is 4.79 Å². The van der Waals surface area contributed by atoms with E-state index in [0.717, 1.165) is 17.5 Å². The van der Waals surface area contributed by atoms with Crippen LogP contribution < -0.4 is 9.47 Å². The van der Waals surface area contributed by atoms with E-state index in [1.54, 1.807) is 20.1 Å². The van der Waals surface area contributed by atoms with E-state index in [9.17, 15) is 15.0 Å². The number of fused-ring (bicyclic) bond motifs is 3. The predicted octanol–water partition coefficient (Wildman–Crippen LogP) is 4.96. The lowest BCUT2D eigenvalue weighted by atomic mass is 9.65. The van der Waals surface area contributed by atoms with Crippen molar-refractivity contribution < 1.29 is 24.5 Å². The quantitative estimate of drug-likeness (QED) is 0.526. The topological polar surface area (TPSA) is 76.0 Å². The highest BCUT2D eigenvalue weighted by molar-refractivity contribution is 6.11. The Morgan fingerprint density at radius 3 is 2.65 bits per heavy atom. The average molecular weight is 423 g/mol. The van der Waals surface area contributed by atoms with Crippen LogP contribution in [0, 0.1) is 11.8 Å². The standard InChI is InChI=1S/C26H30O5/c1-15(2)17-12-13-26(3,29)25-21(17)23-20(30-4)14-19(28)22(24(23)31-25)18(27)11-10-16-8-6-5-7-9-16/h5-11,14-15,17,21,25,28-29H,12-13H2,1-4H3/t17-,21-,25-,26+/m0/s1. The summed E-state index contributed by atoms with van der Waals surface area (Å²) < 4.78 is 11.9. The number of hydrogen-bond donors (Lipinski definition) is 2. The molecule has 5 heteroatoms. The monoisotopic (exact) mass is 422 g/mol. The van der Waals surface area contributed by atoms with Crippen molar-refractivity contribution in [3.8, 4) is 17.2 Å². The number of phenols is 1. The molecular formula is C26H30O5. The maximum absolute atomic E-state index is 13.2. The maximum Gasteiger partial charge on any atom is 0.193 e. The first-order chi connectivity index (χ1) is 14.7. The molecule has 0 bridgehead atoms. The average Bonchev–Trinajstić information content (AvgIpc) is 3.13. The first-order valence-corrected chi connectivity index (χ1v) is 10.8. The summed E-state index contributed by atoms with van der Waals surface area (Å²) >= 11 is 0. The highest BCUT2D eigenvalue weighted by Crippen LogP contribution is 2.58. The molecule has 2 aliphatic rings. The zero-order valence-corrected chi connectivity index (χ0v) is 18.5. The molecular weight excluding hydrogens is 392 g/mol. The molecule has 1 aliphatic carbocycles. The van der Waals surface area contributed by atoms with E-state index in [4.69, 9.17) is 9.47 Å². The van der Waals surface area contributed by atoms with Crippen LogP contribution in [0.1, 0.15) is 61.0 Å². The minimum Gasteiger partial charge on any atom is -0.507 e. The number of ether oxygens (including phenoxy) is 2. The molecule has 1 fully saturated rings. The summed E-state index contributed by atoms with van der Waals surface area (Å²) in [4.78, 5) is 13.2. The SMILES string of the molecule is COc1cc(O)c(C(=O)C=Cc2ccccc2)c2c1[C@@H]1[C@H](C(C)C)CC[C@@](C)(O)[C@H]1O2. The molecule has 1 heterocycles. The van der Waals surface area contributed by atoms with Crippen molar-refractivity contribution in [2.24, 2.45) is 11.8 Å². The van der Waals surface area contributed by atoms with Crippen LogP contribution in [-0.4, -0.2) is 34.8 Å². The Hall–Kier alpha value is -2.79.